The van der Waals surface area contributed by atoms with Gasteiger partial charge in [-0.05, 0) is 41.5 Å². The first-order chi connectivity index (χ1) is 12.0. The van der Waals surface area contributed by atoms with Gasteiger partial charge in [-0.1, -0.05) is 26.0 Å². The number of hydrogen-bond donors (Lipinski definition) is 1. The van der Waals surface area contributed by atoms with Gasteiger partial charge in [0.05, 0.1) is 5.69 Å². The topological polar surface area (TPSA) is 42.0 Å². The summed E-state index contributed by atoms with van der Waals surface area (Å²) in [5.41, 5.74) is 2.76. The highest BCUT2D eigenvalue weighted by Gasteiger charge is 2.19. The number of carbonyl (C=O) groups excluding carboxylic acids is 1. The van der Waals surface area contributed by atoms with E-state index in [-0.39, 0.29) is 11.7 Å². The number of benzene rings is 1. The summed E-state index contributed by atoms with van der Waals surface area (Å²) in [5, 5.41) is 7.84. The third kappa shape index (κ3) is 4.52. The molecule has 0 radical (unpaired) electrons. The highest BCUT2D eigenvalue weighted by atomic mass is 32.1. The summed E-state index contributed by atoms with van der Waals surface area (Å²) in [6.45, 7) is 4.60. The summed E-state index contributed by atoms with van der Waals surface area (Å²) in [6, 6.07) is 8.16. The van der Waals surface area contributed by atoms with Crippen LogP contribution in [0.4, 0.5) is 4.39 Å². The van der Waals surface area contributed by atoms with Crippen LogP contribution in [0.3, 0.4) is 0 Å². The number of halogens is 1. The maximum Gasteiger partial charge on any atom is 0.263 e. The molecule has 3 rings (SSSR count). The number of nitrogens with zero attached hydrogens (tertiary/aromatic N) is 1. The van der Waals surface area contributed by atoms with Crippen LogP contribution in [-0.2, 0) is 13.0 Å². The molecule has 2 aromatic heterocycles. The molecule has 1 amide bonds. The van der Waals surface area contributed by atoms with Gasteiger partial charge in [0.15, 0.2) is 0 Å². The minimum atomic E-state index is -0.280. The molecule has 3 nitrogen and oxygen atoms in total. The number of nitrogens with one attached hydrogen (secondary N) is 1. The normalized spacial score (nSPS) is 11.0. The van der Waals surface area contributed by atoms with E-state index in [2.05, 4.69) is 19.2 Å². The summed E-state index contributed by atoms with van der Waals surface area (Å²) < 4.78 is 13.0. The fourth-order valence-corrected chi connectivity index (χ4v) is 4.15. The Labute approximate surface area is 154 Å². The Morgan fingerprint density at radius 1 is 1.24 bits per heavy atom. The third-order valence-electron chi connectivity index (χ3n) is 3.64. The Balaban J connectivity index is 1.78. The van der Waals surface area contributed by atoms with Crippen LogP contribution in [-0.4, -0.2) is 10.9 Å². The Kier molecular flexibility index (Phi) is 5.60. The maximum absolute atomic E-state index is 13.0. The van der Waals surface area contributed by atoms with E-state index < -0.39 is 0 Å². The zero-order valence-corrected chi connectivity index (χ0v) is 15.7. The van der Waals surface area contributed by atoms with E-state index in [1.165, 1.54) is 23.5 Å². The van der Waals surface area contributed by atoms with Gasteiger partial charge in [-0.25, -0.2) is 9.37 Å². The zero-order chi connectivity index (χ0) is 17.8. The van der Waals surface area contributed by atoms with Gasteiger partial charge >= 0.3 is 0 Å². The lowest BCUT2D eigenvalue weighted by Gasteiger charge is -2.07. The molecule has 1 N–H and O–H groups in total. The molecule has 2 heterocycles. The van der Waals surface area contributed by atoms with Crippen molar-refractivity contribution in [3.05, 3.63) is 63.0 Å². The lowest BCUT2D eigenvalue weighted by atomic mass is 10.1. The van der Waals surface area contributed by atoms with Crippen LogP contribution in [0.1, 0.15) is 34.8 Å². The van der Waals surface area contributed by atoms with Gasteiger partial charge in [0.2, 0.25) is 0 Å². The molecule has 0 aliphatic rings. The lowest BCUT2D eigenvalue weighted by Crippen LogP contribution is -2.23. The van der Waals surface area contributed by atoms with Crippen molar-refractivity contribution in [3.8, 4) is 10.6 Å². The van der Waals surface area contributed by atoms with E-state index in [9.17, 15) is 9.18 Å². The number of amides is 1. The predicted octanol–water partition coefficient (Wildman–Crippen LogP) is 5.14. The van der Waals surface area contributed by atoms with E-state index in [1.54, 1.807) is 23.5 Å². The van der Waals surface area contributed by atoms with Gasteiger partial charge in [-0.3, -0.25) is 4.79 Å². The summed E-state index contributed by atoms with van der Waals surface area (Å²) in [5.74, 6) is 0.0113. The fourth-order valence-electron chi connectivity index (χ4n) is 2.43. The maximum atomic E-state index is 13.0. The molecule has 1 aromatic carbocycles. The Bertz CT molecular complexity index is 839. The summed E-state index contributed by atoms with van der Waals surface area (Å²) >= 11 is 3.04. The molecular weight excluding hydrogens is 355 g/mol. The number of carbonyl (C=O) groups is 1. The van der Waals surface area contributed by atoms with Crippen molar-refractivity contribution >= 4 is 28.6 Å². The van der Waals surface area contributed by atoms with Crippen LogP contribution < -0.4 is 5.32 Å². The van der Waals surface area contributed by atoms with Crippen LogP contribution >= 0.6 is 22.7 Å². The Hall–Kier alpha value is -2.05. The molecule has 0 fully saturated rings. The van der Waals surface area contributed by atoms with E-state index in [0.717, 1.165) is 28.2 Å². The largest absolute Gasteiger partial charge is 0.347 e. The molecule has 0 saturated carbocycles. The smallest absolute Gasteiger partial charge is 0.263 e. The number of hydrogen-bond acceptors (Lipinski definition) is 4. The molecule has 0 saturated heterocycles. The fraction of sp³-hybridized carbons (Fsp3) is 0.263. The van der Waals surface area contributed by atoms with E-state index >= 15 is 0 Å². The van der Waals surface area contributed by atoms with Crippen LogP contribution in [0.25, 0.3) is 10.6 Å². The third-order valence-corrected chi connectivity index (χ3v) is 5.47. The van der Waals surface area contributed by atoms with E-state index in [1.807, 2.05) is 16.8 Å². The van der Waals surface area contributed by atoms with Crippen molar-refractivity contribution in [2.75, 3.05) is 0 Å². The Morgan fingerprint density at radius 3 is 2.64 bits per heavy atom. The molecule has 0 unspecified atom stereocenters. The predicted molar refractivity (Wildman–Crippen MR) is 102 cm³/mol. The van der Waals surface area contributed by atoms with Crippen molar-refractivity contribution in [2.24, 2.45) is 5.92 Å². The van der Waals surface area contributed by atoms with Crippen molar-refractivity contribution in [2.45, 2.75) is 26.8 Å². The average Bonchev–Trinajstić information content (AvgIpc) is 3.23. The van der Waals surface area contributed by atoms with Gasteiger partial charge in [-0.2, -0.15) is 11.3 Å². The van der Waals surface area contributed by atoms with Crippen LogP contribution in [0.5, 0.6) is 0 Å². The standard InChI is InChI=1S/C19H19FN2OS2/c1-12(2)9-16-17(25-19(22-16)14-7-8-24-11-14)18(23)21-10-13-3-5-15(20)6-4-13/h3-8,11-12H,9-10H2,1-2H3,(H,21,23). The second kappa shape index (κ2) is 7.89. The van der Waals surface area contributed by atoms with Gasteiger partial charge in [0.1, 0.15) is 15.7 Å². The van der Waals surface area contributed by atoms with Crippen molar-refractivity contribution in [3.63, 3.8) is 0 Å². The molecule has 6 heteroatoms. The van der Waals surface area contributed by atoms with Gasteiger partial charge in [0, 0.05) is 17.5 Å². The van der Waals surface area contributed by atoms with Crippen molar-refractivity contribution in [1.29, 1.82) is 0 Å². The first-order valence-electron chi connectivity index (χ1n) is 8.08. The van der Waals surface area contributed by atoms with E-state index in [4.69, 9.17) is 4.98 Å². The molecule has 3 aromatic rings. The van der Waals surface area contributed by atoms with Gasteiger partial charge in [0.25, 0.3) is 5.91 Å². The summed E-state index contributed by atoms with van der Waals surface area (Å²) in [4.78, 5) is 18.0. The van der Waals surface area contributed by atoms with Crippen LogP contribution in [0.15, 0.2) is 41.1 Å². The van der Waals surface area contributed by atoms with Crippen LogP contribution in [0.2, 0.25) is 0 Å². The van der Waals surface area contributed by atoms with E-state index in [0.29, 0.717) is 17.3 Å². The SMILES string of the molecule is CC(C)Cc1nc(-c2ccsc2)sc1C(=O)NCc1ccc(F)cc1. The molecule has 0 bridgehead atoms. The molecule has 0 aliphatic heterocycles. The van der Waals surface area contributed by atoms with Crippen molar-refractivity contribution < 1.29 is 9.18 Å². The summed E-state index contributed by atoms with van der Waals surface area (Å²) in [7, 11) is 0. The average molecular weight is 375 g/mol. The number of thiazole rings is 1. The minimum absolute atomic E-state index is 0.126. The molecule has 0 aliphatic carbocycles. The summed E-state index contributed by atoms with van der Waals surface area (Å²) in [6.07, 6.45) is 0.764. The quantitative estimate of drug-likeness (QED) is 0.649. The monoisotopic (exact) mass is 374 g/mol. The molecule has 25 heavy (non-hydrogen) atoms. The van der Waals surface area contributed by atoms with Gasteiger partial charge in [-0.15, -0.1) is 11.3 Å². The first-order valence-corrected chi connectivity index (χ1v) is 9.83. The highest BCUT2D eigenvalue weighted by Crippen LogP contribution is 2.30. The van der Waals surface area contributed by atoms with Gasteiger partial charge < -0.3 is 5.32 Å². The zero-order valence-electron chi connectivity index (χ0n) is 14.1. The second-order valence-corrected chi connectivity index (χ2v) is 7.99. The first kappa shape index (κ1) is 17.8. The second-order valence-electron chi connectivity index (χ2n) is 6.21. The van der Waals surface area contributed by atoms with Crippen LogP contribution in [0, 0.1) is 11.7 Å². The highest BCUT2D eigenvalue weighted by molar-refractivity contribution is 7.17. The van der Waals surface area contributed by atoms with Crippen molar-refractivity contribution in [1.82, 2.24) is 10.3 Å². The number of aromatic nitrogens is 1. The number of thiophene rings is 1. The molecular formula is C19H19FN2OS2. The lowest BCUT2D eigenvalue weighted by molar-refractivity contribution is 0.0953. The number of rotatable bonds is 6. The molecule has 0 spiro atoms. The Morgan fingerprint density at radius 2 is 2.00 bits per heavy atom. The molecule has 130 valence electrons. The minimum Gasteiger partial charge on any atom is -0.347 e. The molecule has 0 atom stereocenters.